The van der Waals surface area contributed by atoms with Gasteiger partial charge in [0.25, 0.3) is 5.91 Å². The number of carbonyl (C=O) groups is 1. The predicted molar refractivity (Wildman–Crippen MR) is 97.7 cm³/mol. The molecule has 1 aliphatic heterocycles. The van der Waals surface area contributed by atoms with Crippen molar-refractivity contribution in [2.75, 3.05) is 19.7 Å². The van der Waals surface area contributed by atoms with E-state index < -0.39 is 0 Å². The monoisotopic (exact) mass is 346 g/mol. The Balaban J connectivity index is 1.39. The van der Waals surface area contributed by atoms with Crippen molar-refractivity contribution in [1.29, 1.82) is 0 Å². The lowest BCUT2D eigenvalue weighted by atomic mass is 9.89. The highest BCUT2D eigenvalue weighted by Crippen LogP contribution is 2.26. The number of hydrogen-bond donors (Lipinski definition) is 2. The topological polar surface area (TPSA) is 61.8 Å². The van der Waals surface area contributed by atoms with Crippen molar-refractivity contribution in [2.24, 2.45) is 0 Å². The lowest BCUT2D eigenvalue weighted by Crippen LogP contribution is -2.52. The number of aryl methyl sites for hydroxylation is 1. The zero-order valence-corrected chi connectivity index (χ0v) is 15.1. The van der Waals surface area contributed by atoms with Crippen LogP contribution < -0.4 is 10.1 Å². The van der Waals surface area contributed by atoms with Crippen molar-refractivity contribution < 1.29 is 14.6 Å². The van der Waals surface area contributed by atoms with Crippen molar-refractivity contribution in [3.8, 4) is 5.75 Å². The van der Waals surface area contributed by atoms with E-state index in [1.807, 2.05) is 31.2 Å². The molecule has 0 aromatic heterocycles. The van der Waals surface area contributed by atoms with Gasteiger partial charge in [-0.3, -0.25) is 9.69 Å². The number of aliphatic hydroxyl groups excluding tert-OH is 1. The number of ether oxygens (including phenoxy) is 1. The third-order valence-electron chi connectivity index (χ3n) is 5.51. The highest BCUT2D eigenvalue weighted by atomic mass is 16.5. The van der Waals surface area contributed by atoms with Gasteiger partial charge in [0, 0.05) is 25.2 Å². The molecule has 1 aromatic carbocycles. The fourth-order valence-corrected chi connectivity index (χ4v) is 4.02. The number of rotatable bonds is 5. The van der Waals surface area contributed by atoms with Gasteiger partial charge in [-0.1, -0.05) is 31.0 Å². The molecule has 0 radical (unpaired) electrons. The number of likely N-dealkylation sites (tertiary alicyclic amines) is 1. The molecular formula is C20H30N2O3. The SMILES string of the molecule is Cc1ccccc1OCC(=O)NC1CCN(C2CCCCC2O)CC1. The van der Waals surface area contributed by atoms with E-state index in [1.54, 1.807) is 0 Å². The lowest BCUT2D eigenvalue weighted by molar-refractivity contribution is -0.124. The Labute approximate surface area is 150 Å². The Morgan fingerprint density at radius 3 is 2.64 bits per heavy atom. The van der Waals surface area contributed by atoms with Crippen molar-refractivity contribution >= 4 is 5.91 Å². The number of nitrogens with zero attached hydrogens (tertiary/aromatic N) is 1. The molecule has 2 atom stereocenters. The van der Waals surface area contributed by atoms with Gasteiger partial charge in [0.15, 0.2) is 6.61 Å². The summed E-state index contributed by atoms with van der Waals surface area (Å²) < 4.78 is 5.61. The fraction of sp³-hybridized carbons (Fsp3) is 0.650. The van der Waals surface area contributed by atoms with Gasteiger partial charge >= 0.3 is 0 Å². The summed E-state index contributed by atoms with van der Waals surface area (Å²) in [6.45, 7) is 3.94. The number of amides is 1. The first-order chi connectivity index (χ1) is 12.1. The van der Waals surface area contributed by atoms with Gasteiger partial charge in [0.2, 0.25) is 0 Å². The summed E-state index contributed by atoms with van der Waals surface area (Å²) in [7, 11) is 0. The second-order valence-corrected chi connectivity index (χ2v) is 7.35. The van der Waals surface area contributed by atoms with Gasteiger partial charge in [-0.2, -0.15) is 0 Å². The maximum atomic E-state index is 12.1. The molecule has 1 heterocycles. The van der Waals surface area contributed by atoms with Gasteiger partial charge in [-0.05, 0) is 44.2 Å². The molecule has 1 amide bonds. The first kappa shape index (κ1) is 18.2. The third kappa shape index (κ3) is 4.95. The molecule has 1 aliphatic carbocycles. The Kier molecular flexibility index (Phi) is 6.32. The van der Waals surface area contributed by atoms with Crippen molar-refractivity contribution in [3.05, 3.63) is 29.8 Å². The second-order valence-electron chi connectivity index (χ2n) is 7.35. The van der Waals surface area contributed by atoms with Crippen LogP contribution in [0.4, 0.5) is 0 Å². The van der Waals surface area contributed by atoms with E-state index in [-0.39, 0.29) is 24.7 Å². The molecule has 1 saturated carbocycles. The van der Waals surface area contributed by atoms with Gasteiger partial charge < -0.3 is 15.2 Å². The largest absolute Gasteiger partial charge is 0.484 e. The van der Waals surface area contributed by atoms with Crippen LogP contribution >= 0.6 is 0 Å². The molecular weight excluding hydrogens is 316 g/mol. The summed E-state index contributed by atoms with van der Waals surface area (Å²) in [4.78, 5) is 14.6. The van der Waals surface area contributed by atoms with Crippen LogP contribution in [0.25, 0.3) is 0 Å². The Morgan fingerprint density at radius 2 is 1.92 bits per heavy atom. The molecule has 2 N–H and O–H groups in total. The molecule has 0 spiro atoms. The van der Waals surface area contributed by atoms with E-state index in [4.69, 9.17) is 4.74 Å². The smallest absolute Gasteiger partial charge is 0.258 e. The summed E-state index contributed by atoms with van der Waals surface area (Å²) in [5, 5.41) is 13.3. The normalized spacial score (nSPS) is 25.5. The molecule has 2 unspecified atom stereocenters. The summed E-state index contributed by atoms with van der Waals surface area (Å²) >= 11 is 0. The van der Waals surface area contributed by atoms with Crippen LogP contribution in [0.15, 0.2) is 24.3 Å². The van der Waals surface area contributed by atoms with Crippen LogP contribution in [0.2, 0.25) is 0 Å². The molecule has 1 aromatic rings. The van der Waals surface area contributed by atoms with Crippen LogP contribution in [-0.4, -0.2) is 53.8 Å². The minimum Gasteiger partial charge on any atom is -0.484 e. The van der Waals surface area contributed by atoms with Crippen LogP contribution in [0.3, 0.4) is 0 Å². The minimum atomic E-state index is -0.178. The molecule has 2 fully saturated rings. The highest BCUT2D eigenvalue weighted by molar-refractivity contribution is 5.77. The van der Waals surface area contributed by atoms with Crippen LogP contribution in [0.1, 0.15) is 44.1 Å². The number of nitrogens with one attached hydrogen (secondary N) is 1. The molecule has 138 valence electrons. The number of piperidine rings is 1. The number of para-hydroxylation sites is 1. The van der Waals surface area contributed by atoms with E-state index in [2.05, 4.69) is 10.2 Å². The van der Waals surface area contributed by atoms with Crippen LogP contribution in [0.5, 0.6) is 5.75 Å². The zero-order chi connectivity index (χ0) is 17.6. The maximum Gasteiger partial charge on any atom is 0.258 e. The fourth-order valence-electron chi connectivity index (χ4n) is 4.02. The van der Waals surface area contributed by atoms with Gasteiger partial charge in [-0.15, -0.1) is 0 Å². The average Bonchev–Trinajstić information content (AvgIpc) is 2.62. The molecule has 5 heteroatoms. The third-order valence-corrected chi connectivity index (χ3v) is 5.51. The van der Waals surface area contributed by atoms with Crippen LogP contribution in [0, 0.1) is 6.92 Å². The first-order valence-corrected chi connectivity index (χ1v) is 9.53. The lowest BCUT2D eigenvalue weighted by Gasteiger charge is -2.41. The van der Waals surface area contributed by atoms with E-state index in [1.165, 1.54) is 6.42 Å². The Bertz CT molecular complexity index is 570. The van der Waals surface area contributed by atoms with Crippen LogP contribution in [-0.2, 0) is 4.79 Å². The molecule has 3 rings (SSSR count). The average molecular weight is 346 g/mol. The number of hydrogen-bond acceptors (Lipinski definition) is 4. The second kappa shape index (κ2) is 8.68. The molecule has 5 nitrogen and oxygen atoms in total. The Morgan fingerprint density at radius 1 is 1.20 bits per heavy atom. The maximum absolute atomic E-state index is 12.1. The Hall–Kier alpha value is -1.59. The van der Waals surface area contributed by atoms with Crippen molar-refractivity contribution in [2.45, 2.75) is 63.6 Å². The number of carbonyl (C=O) groups excluding carboxylic acids is 1. The molecule has 25 heavy (non-hydrogen) atoms. The highest BCUT2D eigenvalue weighted by Gasteiger charge is 2.31. The summed E-state index contributed by atoms with van der Waals surface area (Å²) in [5.74, 6) is 0.707. The predicted octanol–water partition coefficient (Wildman–Crippen LogP) is 2.26. The van der Waals surface area contributed by atoms with E-state index in [0.29, 0.717) is 6.04 Å². The first-order valence-electron chi connectivity index (χ1n) is 9.53. The van der Waals surface area contributed by atoms with Gasteiger partial charge in [0.05, 0.1) is 6.10 Å². The van der Waals surface area contributed by atoms with E-state index in [9.17, 15) is 9.90 Å². The van der Waals surface area contributed by atoms with Crippen molar-refractivity contribution in [3.63, 3.8) is 0 Å². The van der Waals surface area contributed by atoms with Crippen molar-refractivity contribution in [1.82, 2.24) is 10.2 Å². The van der Waals surface area contributed by atoms with E-state index in [0.717, 1.165) is 56.5 Å². The molecule has 1 saturated heterocycles. The quantitative estimate of drug-likeness (QED) is 0.858. The minimum absolute atomic E-state index is 0.0561. The molecule has 0 bridgehead atoms. The molecule has 2 aliphatic rings. The summed E-state index contributed by atoms with van der Waals surface area (Å²) in [5.41, 5.74) is 1.04. The number of benzene rings is 1. The van der Waals surface area contributed by atoms with Gasteiger partial charge in [0.1, 0.15) is 5.75 Å². The summed E-state index contributed by atoms with van der Waals surface area (Å²) in [6, 6.07) is 8.26. The standard InChI is InChI=1S/C20H30N2O3/c1-15-6-2-5-9-19(15)25-14-20(24)21-16-10-12-22(13-11-16)17-7-3-4-8-18(17)23/h2,5-6,9,16-18,23H,3-4,7-8,10-14H2,1H3,(H,21,24). The van der Waals surface area contributed by atoms with E-state index >= 15 is 0 Å². The zero-order valence-electron chi connectivity index (χ0n) is 15.1. The van der Waals surface area contributed by atoms with Gasteiger partial charge in [-0.25, -0.2) is 0 Å². The summed E-state index contributed by atoms with van der Waals surface area (Å²) in [6.07, 6.45) is 6.10. The number of aliphatic hydroxyl groups is 1.